The van der Waals surface area contributed by atoms with Crippen LogP contribution in [0.1, 0.15) is 6.42 Å². The van der Waals surface area contributed by atoms with Crippen LogP contribution in [0.2, 0.25) is 0 Å². The summed E-state index contributed by atoms with van der Waals surface area (Å²) >= 11 is 0. The van der Waals surface area contributed by atoms with E-state index in [4.69, 9.17) is 0 Å². The molecule has 0 aromatic heterocycles. The first-order valence-corrected chi connectivity index (χ1v) is 7.09. The average molecular weight is 296 g/mol. The Morgan fingerprint density at radius 3 is 2.45 bits per heavy atom. The Balaban J connectivity index is 1.67. The summed E-state index contributed by atoms with van der Waals surface area (Å²) in [7, 11) is 0. The van der Waals surface area contributed by atoms with Crippen molar-refractivity contribution in [1.82, 2.24) is 0 Å². The SMILES string of the molecule is O=C(Nc1ccc(O)cc1)[C@@H]1CC(=O)N(c2ccccc2)C1. The lowest BCUT2D eigenvalue weighted by Crippen LogP contribution is -2.28. The van der Waals surface area contributed by atoms with Crippen LogP contribution in [0.3, 0.4) is 0 Å². The van der Waals surface area contributed by atoms with Gasteiger partial charge < -0.3 is 15.3 Å². The highest BCUT2D eigenvalue weighted by Crippen LogP contribution is 2.26. The minimum absolute atomic E-state index is 0.0444. The van der Waals surface area contributed by atoms with Crippen molar-refractivity contribution in [1.29, 1.82) is 0 Å². The summed E-state index contributed by atoms with van der Waals surface area (Å²) in [6.45, 7) is 0.382. The fraction of sp³-hybridized carbons (Fsp3) is 0.176. The maximum Gasteiger partial charge on any atom is 0.229 e. The molecule has 2 amide bonds. The fourth-order valence-electron chi connectivity index (χ4n) is 2.53. The smallest absolute Gasteiger partial charge is 0.229 e. The van der Waals surface area contributed by atoms with E-state index in [0.717, 1.165) is 5.69 Å². The minimum Gasteiger partial charge on any atom is -0.508 e. The zero-order valence-electron chi connectivity index (χ0n) is 11.9. The van der Waals surface area contributed by atoms with Crippen molar-refractivity contribution in [3.8, 4) is 5.75 Å². The number of para-hydroxylation sites is 1. The molecule has 0 spiro atoms. The average Bonchev–Trinajstić information content (AvgIpc) is 2.92. The molecule has 1 atom stereocenters. The summed E-state index contributed by atoms with van der Waals surface area (Å²) < 4.78 is 0. The van der Waals surface area contributed by atoms with Gasteiger partial charge in [0.1, 0.15) is 5.75 Å². The summed E-state index contributed by atoms with van der Waals surface area (Å²) in [4.78, 5) is 26.0. The van der Waals surface area contributed by atoms with Crippen LogP contribution >= 0.6 is 0 Å². The molecule has 1 heterocycles. The van der Waals surface area contributed by atoms with Gasteiger partial charge in [-0.3, -0.25) is 9.59 Å². The first kappa shape index (κ1) is 14.1. The van der Waals surface area contributed by atoms with Gasteiger partial charge in [-0.05, 0) is 36.4 Å². The monoisotopic (exact) mass is 296 g/mol. The number of carbonyl (C=O) groups is 2. The molecule has 1 aliphatic rings. The topological polar surface area (TPSA) is 69.6 Å². The highest BCUT2D eigenvalue weighted by molar-refractivity contribution is 6.03. The third kappa shape index (κ3) is 2.93. The molecular formula is C17H16N2O3. The highest BCUT2D eigenvalue weighted by Gasteiger charge is 2.35. The van der Waals surface area contributed by atoms with Crippen LogP contribution < -0.4 is 10.2 Å². The molecule has 3 rings (SSSR count). The summed E-state index contributed by atoms with van der Waals surface area (Å²) in [6.07, 6.45) is 0.207. The van der Waals surface area contributed by atoms with Gasteiger partial charge in [0.2, 0.25) is 11.8 Å². The third-order valence-corrected chi connectivity index (χ3v) is 3.70. The van der Waals surface area contributed by atoms with Gasteiger partial charge in [0.25, 0.3) is 0 Å². The Hall–Kier alpha value is -2.82. The first-order valence-electron chi connectivity index (χ1n) is 7.09. The van der Waals surface area contributed by atoms with Gasteiger partial charge in [-0.2, -0.15) is 0 Å². The van der Waals surface area contributed by atoms with E-state index in [1.54, 1.807) is 17.0 Å². The van der Waals surface area contributed by atoms with Crippen molar-refractivity contribution >= 4 is 23.2 Å². The van der Waals surface area contributed by atoms with E-state index >= 15 is 0 Å². The Labute approximate surface area is 128 Å². The van der Waals surface area contributed by atoms with Crippen molar-refractivity contribution in [2.75, 3.05) is 16.8 Å². The quantitative estimate of drug-likeness (QED) is 0.854. The normalized spacial score (nSPS) is 17.5. The number of nitrogens with one attached hydrogen (secondary N) is 1. The minimum atomic E-state index is -0.374. The van der Waals surface area contributed by atoms with E-state index in [-0.39, 0.29) is 29.9 Å². The highest BCUT2D eigenvalue weighted by atomic mass is 16.3. The first-order chi connectivity index (χ1) is 10.6. The molecule has 2 aromatic carbocycles. The second-order valence-corrected chi connectivity index (χ2v) is 5.28. The molecule has 5 heteroatoms. The van der Waals surface area contributed by atoms with Crippen molar-refractivity contribution in [3.05, 3.63) is 54.6 Å². The summed E-state index contributed by atoms with van der Waals surface area (Å²) in [5, 5.41) is 12.0. The number of aromatic hydroxyl groups is 1. The maximum atomic E-state index is 12.3. The van der Waals surface area contributed by atoms with Crippen LogP contribution in [0.5, 0.6) is 5.75 Å². The number of nitrogens with zero attached hydrogens (tertiary/aromatic N) is 1. The van der Waals surface area contributed by atoms with Crippen LogP contribution in [0.15, 0.2) is 54.6 Å². The molecule has 0 bridgehead atoms. The number of carbonyl (C=O) groups excluding carboxylic acids is 2. The molecule has 112 valence electrons. The summed E-state index contributed by atoms with van der Waals surface area (Å²) in [5.74, 6) is -0.458. The van der Waals surface area contributed by atoms with E-state index in [1.165, 1.54) is 12.1 Å². The molecule has 1 fully saturated rings. The zero-order chi connectivity index (χ0) is 15.5. The molecule has 5 nitrogen and oxygen atoms in total. The lowest BCUT2D eigenvalue weighted by molar-refractivity contribution is -0.122. The largest absolute Gasteiger partial charge is 0.508 e. The zero-order valence-corrected chi connectivity index (χ0v) is 11.9. The van der Waals surface area contributed by atoms with Crippen LogP contribution in [0.4, 0.5) is 11.4 Å². The molecule has 0 unspecified atom stereocenters. The third-order valence-electron chi connectivity index (χ3n) is 3.70. The second kappa shape index (κ2) is 5.89. The van der Waals surface area contributed by atoms with Crippen LogP contribution in [0.25, 0.3) is 0 Å². The van der Waals surface area contributed by atoms with Crippen molar-refractivity contribution < 1.29 is 14.7 Å². The van der Waals surface area contributed by atoms with Crippen LogP contribution in [-0.4, -0.2) is 23.5 Å². The number of rotatable bonds is 3. The van der Waals surface area contributed by atoms with Gasteiger partial charge in [-0.25, -0.2) is 0 Å². The van der Waals surface area contributed by atoms with Crippen molar-refractivity contribution in [2.24, 2.45) is 5.92 Å². The molecule has 2 N–H and O–H groups in total. The number of anilines is 2. The summed E-state index contributed by atoms with van der Waals surface area (Å²) in [6, 6.07) is 15.6. The van der Waals surface area contributed by atoms with Crippen LogP contribution in [-0.2, 0) is 9.59 Å². The van der Waals surface area contributed by atoms with E-state index in [9.17, 15) is 14.7 Å². The maximum absolute atomic E-state index is 12.3. The second-order valence-electron chi connectivity index (χ2n) is 5.28. The number of benzene rings is 2. The van der Waals surface area contributed by atoms with Crippen molar-refractivity contribution in [3.63, 3.8) is 0 Å². The molecule has 0 saturated carbocycles. The van der Waals surface area contributed by atoms with Gasteiger partial charge in [0.15, 0.2) is 0 Å². The Morgan fingerprint density at radius 2 is 1.77 bits per heavy atom. The standard InChI is InChI=1S/C17H16N2O3/c20-15-8-6-13(7-9-15)18-17(22)12-10-16(21)19(11-12)14-4-2-1-3-5-14/h1-9,12,20H,10-11H2,(H,18,22)/t12-/m1/s1. The van der Waals surface area contributed by atoms with Crippen LogP contribution in [0, 0.1) is 5.92 Å². The number of amides is 2. The molecule has 1 aliphatic heterocycles. The van der Waals surface area contributed by atoms with Gasteiger partial charge in [0.05, 0.1) is 5.92 Å². The fourth-order valence-corrected chi connectivity index (χ4v) is 2.53. The van der Waals surface area contributed by atoms with Gasteiger partial charge in [-0.1, -0.05) is 18.2 Å². The molecule has 1 saturated heterocycles. The molecule has 2 aromatic rings. The number of phenols is 1. The van der Waals surface area contributed by atoms with E-state index in [2.05, 4.69) is 5.32 Å². The van der Waals surface area contributed by atoms with E-state index < -0.39 is 0 Å². The van der Waals surface area contributed by atoms with Gasteiger partial charge in [-0.15, -0.1) is 0 Å². The predicted octanol–water partition coefficient (Wildman–Crippen LogP) is 2.38. The Morgan fingerprint density at radius 1 is 1.09 bits per heavy atom. The molecule has 22 heavy (non-hydrogen) atoms. The number of phenolic OH excluding ortho intramolecular Hbond substituents is 1. The van der Waals surface area contributed by atoms with E-state index in [0.29, 0.717) is 12.2 Å². The molecule has 0 radical (unpaired) electrons. The number of hydrogen-bond acceptors (Lipinski definition) is 3. The lowest BCUT2D eigenvalue weighted by Gasteiger charge is -2.16. The molecular weight excluding hydrogens is 280 g/mol. The van der Waals surface area contributed by atoms with Gasteiger partial charge >= 0.3 is 0 Å². The Bertz CT molecular complexity index is 683. The van der Waals surface area contributed by atoms with Crippen molar-refractivity contribution in [2.45, 2.75) is 6.42 Å². The predicted molar refractivity (Wildman–Crippen MR) is 83.6 cm³/mol. The van der Waals surface area contributed by atoms with Gasteiger partial charge in [0, 0.05) is 24.3 Å². The Kier molecular flexibility index (Phi) is 3.78. The summed E-state index contributed by atoms with van der Waals surface area (Å²) in [5.41, 5.74) is 1.42. The van der Waals surface area contributed by atoms with E-state index in [1.807, 2.05) is 30.3 Å². The molecule has 0 aliphatic carbocycles. The number of hydrogen-bond donors (Lipinski definition) is 2. The lowest BCUT2D eigenvalue weighted by atomic mass is 10.1.